The van der Waals surface area contributed by atoms with Crippen molar-refractivity contribution in [3.63, 3.8) is 0 Å². The molecule has 1 unspecified atom stereocenters. The van der Waals surface area contributed by atoms with Crippen molar-refractivity contribution in [3.05, 3.63) is 54.0 Å². The Morgan fingerprint density at radius 1 is 1.29 bits per heavy atom. The molecule has 2 heterocycles. The maximum Gasteiger partial charge on any atom is 0.573 e. The van der Waals surface area contributed by atoms with Crippen LogP contribution in [0, 0.1) is 0 Å². The molecule has 0 aliphatic carbocycles. The summed E-state index contributed by atoms with van der Waals surface area (Å²) in [5.74, 6) is -0.415. The van der Waals surface area contributed by atoms with E-state index in [2.05, 4.69) is 30.5 Å². The van der Waals surface area contributed by atoms with Gasteiger partial charge in [0, 0.05) is 26.2 Å². The van der Waals surface area contributed by atoms with Gasteiger partial charge in [-0.2, -0.15) is 0 Å². The molecule has 3 rings (SSSR count). The third-order valence-corrected chi connectivity index (χ3v) is 5.86. The highest BCUT2D eigenvalue weighted by Gasteiger charge is 2.32. The average Bonchev–Trinajstić information content (AvgIpc) is 3.24. The van der Waals surface area contributed by atoms with Crippen molar-refractivity contribution < 1.29 is 27.4 Å². The number of nitrogens with one attached hydrogen (secondary N) is 2. The number of alkyl halides is 3. The van der Waals surface area contributed by atoms with Gasteiger partial charge < -0.3 is 31.2 Å². The molecule has 6 N–H and O–H groups in total. The first-order valence-corrected chi connectivity index (χ1v) is 11.4. The van der Waals surface area contributed by atoms with E-state index < -0.39 is 24.1 Å². The summed E-state index contributed by atoms with van der Waals surface area (Å²) in [4.78, 5) is 14.8. The molecule has 1 saturated heterocycles. The van der Waals surface area contributed by atoms with Gasteiger partial charge in [-0.15, -0.1) is 23.4 Å². The van der Waals surface area contributed by atoms with Gasteiger partial charge in [0.25, 0.3) is 5.91 Å². The number of nitrogens with two attached hydrogens (primary N) is 2. The fourth-order valence-electron chi connectivity index (χ4n) is 3.49. The Morgan fingerprint density at radius 2 is 2.00 bits per heavy atom. The number of nitrogens with zero attached hydrogens (tertiary/aromatic N) is 3. The number of halogens is 3. The molecule has 1 aliphatic rings. The van der Waals surface area contributed by atoms with E-state index in [4.69, 9.17) is 16.2 Å². The quantitative estimate of drug-likeness (QED) is 0.373. The number of piperidine rings is 1. The molecule has 0 spiro atoms. The van der Waals surface area contributed by atoms with Gasteiger partial charge in [0.15, 0.2) is 6.10 Å². The van der Waals surface area contributed by atoms with E-state index in [1.807, 2.05) is 0 Å². The summed E-state index contributed by atoms with van der Waals surface area (Å²) in [6, 6.07) is 5.19. The lowest BCUT2D eigenvalue weighted by Crippen LogP contribution is -2.40. The number of likely N-dealkylation sites (tertiary alicyclic amines) is 1. The molecule has 1 fully saturated rings. The number of hydrogen-bond acceptors (Lipinski definition) is 10. The summed E-state index contributed by atoms with van der Waals surface area (Å²) in [7, 11) is 1.27. The zero-order valence-electron chi connectivity index (χ0n) is 18.8. The van der Waals surface area contributed by atoms with Crippen LogP contribution in [0.25, 0.3) is 0 Å². The van der Waals surface area contributed by atoms with Crippen LogP contribution in [-0.4, -0.2) is 53.6 Å². The first kappa shape index (κ1) is 26.1. The Morgan fingerprint density at radius 3 is 2.66 bits per heavy atom. The summed E-state index contributed by atoms with van der Waals surface area (Å²) in [5, 5.41) is 14.7. The number of benzene rings is 1. The second-order valence-electron chi connectivity index (χ2n) is 7.52. The minimum Gasteiger partial charge on any atom is -0.406 e. The lowest BCUT2D eigenvalue weighted by molar-refractivity contribution is -0.274. The second-order valence-corrected chi connectivity index (χ2v) is 8.50. The minimum absolute atomic E-state index is 0.156. The molecule has 0 bridgehead atoms. The SMILES string of the molecule is COC(C(=O)Nc1nnc(NC2CCN(/C(N)=C/C=C\N)CC2)s1)c1cccc(OC(F)(F)F)c1. The summed E-state index contributed by atoms with van der Waals surface area (Å²) in [6.07, 6.45) is 0.471. The largest absolute Gasteiger partial charge is 0.573 e. The summed E-state index contributed by atoms with van der Waals surface area (Å²) in [6.45, 7) is 1.51. The van der Waals surface area contributed by atoms with Crippen molar-refractivity contribution in [2.45, 2.75) is 31.3 Å². The fourth-order valence-corrected chi connectivity index (χ4v) is 4.21. The lowest BCUT2D eigenvalue weighted by atomic mass is 10.1. The topological polar surface area (TPSA) is 141 Å². The fraction of sp³-hybridized carbons (Fsp3) is 0.381. The maximum atomic E-state index is 12.7. The van der Waals surface area contributed by atoms with E-state index >= 15 is 0 Å². The van der Waals surface area contributed by atoms with Crippen molar-refractivity contribution >= 4 is 27.5 Å². The van der Waals surface area contributed by atoms with E-state index in [0.717, 1.165) is 49.4 Å². The Kier molecular flexibility index (Phi) is 8.76. The Hall–Kier alpha value is -3.52. The molecular weight excluding hydrogens is 487 g/mol. The van der Waals surface area contributed by atoms with Gasteiger partial charge >= 0.3 is 6.36 Å². The molecule has 1 aromatic carbocycles. The highest BCUT2D eigenvalue weighted by Crippen LogP contribution is 2.29. The number of anilines is 2. The third-order valence-electron chi connectivity index (χ3n) is 5.09. The van der Waals surface area contributed by atoms with Crippen LogP contribution in [0.2, 0.25) is 0 Å². The minimum atomic E-state index is -4.85. The number of allylic oxidation sites excluding steroid dienone is 2. The van der Waals surface area contributed by atoms with Crippen molar-refractivity contribution in [2.75, 3.05) is 30.8 Å². The molecule has 2 aromatic rings. The molecule has 10 nitrogen and oxygen atoms in total. The van der Waals surface area contributed by atoms with E-state index in [9.17, 15) is 18.0 Å². The number of carbonyl (C=O) groups is 1. The van der Waals surface area contributed by atoms with E-state index in [-0.39, 0.29) is 16.7 Å². The number of methoxy groups -OCH3 is 1. The molecular formula is C21H26F3N7O3S. The Labute approximate surface area is 203 Å². The summed E-state index contributed by atoms with van der Waals surface area (Å²) >= 11 is 1.14. The number of rotatable bonds is 9. The number of carbonyl (C=O) groups excluding carboxylic acids is 1. The van der Waals surface area contributed by atoms with Crippen LogP contribution in [0.15, 0.2) is 48.4 Å². The van der Waals surface area contributed by atoms with Crippen LogP contribution < -0.4 is 26.8 Å². The number of aromatic nitrogens is 2. The lowest BCUT2D eigenvalue weighted by Gasteiger charge is -2.33. The predicted octanol–water partition coefficient (Wildman–Crippen LogP) is 2.91. The molecule has 1 aromatic heterocycles. The van der Waals surface area contributed by atoms with Gasteiger partial charge in [-0.05, 0) is 48.9 Å². The zero-order chi connectivity index (χ0) is 25.4. The van der Waals surface area contributed by atoms with Gasteiger partial charge in [-0.25, -0.2) is 0 Å². The molecule has 190 valence electrons. The van der Waals surface area contributed by atoms with Crippen molar-refractivity contribution in [2.24, 2.45) is 11.5 Å². The van der Waals surface area contributed by atoms with Crippen LogP contribution in [0.4, 0.5) is 23.4 Å². The van der Waals surface area contributed by atoms with E-state index in [1.54, 1.807) is 12.2 Å². The first-order valence-electron chi connectivity index (χ1n) is 10.6. The van der Waals surface area contributed by atoms with Crippen LogP contribution in [0.5, 0.6) is 5.75 Å². The van der Waals surface area contributed by atoms with Gasteiger partial charge in [-0.3, -0.25) is 10.1 Å². The van der Waals surface area contributed by atoms with Gasteiger partial charge in [0.05, 0.1) is 5.82 Å². The van der Waals surface area contributed by atoms with Crippen LogP contribution in [0.3, 0.4) is 0 Å². The van der Waals surface area contributed by atoms with Gasteiger partial charge in [0.2, 0.25) is 10.3 Å². The van der Waals surface area contributed by atoms with Crippen LogP contribution in [-0.2, 0) is 9.53 Å². The van der Waals surface area contributed by atoms with E-state index in [1.165, 1.54) is 25.4 Å². The zero-order valence-corrected chi connectivity index (χ0v) is 19.6. The van der Waals surface area contributed by atoms with E-state index in [0.29, 0.717) is 11.0 Å². The van der Waals surface area contributed by atoms with Crippen molar-refractivity contribution in [3.8, 4) is 5.75 Å². The highest BCUT2D eigenvalue weighted by molar-refractivity contribution is 7.19. The standard InChI is InChI=1S/C21H26F3N7O3S/c1-33-17(13-4-2-5-15(12-13)34-21(22,23)24)18(32)28-20-30-29-19(35-20)27-14-7-10-31(11-8-14)16(26)6-3-9-25/h2-6,9,12,14,17H,7-8,10-11,25-26H2,1H3,(H,27,29)(H,28,30,32)/b9-3-,16-6+. The van der Waals surface area contributed by atoms with Gasteiger partial charge in [0.1, 0.15) is 5.75 Å². The smallest absolute Gasteiger partial charge is 0.406 e. The second kappa shape index (κ2) is 11.8. The third kappa shape index (κ3) is 7.75. The molecule has 35 heavy (non-hydrogen) atoms. The Bertz CT molecular complexity index is 1050. The number of amides is 1. The van der Waals surface area contributed by atoms with Crippen LogP contribution in [0.1, 0.15) is 24.5 Å². The molecule has 14 heteroatoms. The molecule has 1 amide bonds. The van der Waals surface area contributed by atoms with Gasteiger partial charge in [-0.1, -0.05) is 23.5 Å². The van der Waals surface area contributed by atoms with Crippen molar-refractivity contribution in [1.29, 1.82) is 0 Å². The first-order chi connectivity index (χ1) is 16.7. The number of ether oxygens (including phenoxy) is 2. The summed E-state index contributed by atoms with van der Waals surface area (Å²) in [5.41, 5.74) is 11.5. The maximum absolute atomic E-state index is 12.7. The number of hydrogen-bond donors (Lipinski definition) is 4. The monoisotopic (exact) mass is 513 g/mol. The highest BCUT2D eigenvalue weighted by atomic mass is 32.1. The van der Waals surface area contributed by atoms with Crippen molar-refractivity contribution in [1.82, 2.24) is 15.1 Å². The van der Waals surface area contributed by atoms with Crippen LogP contribution >= 0.6 is 11.3 Å². The molecule has 0 saturated carbocycles. The average molecular weight is 514 g/mol. The molecule has 0 radical (unpaired) electrons. The molecule has 1 atom stereocenters. The summed E-state index contributed by atoms with van der Waals surface area (Å²) < 4.78 is 46.6. The normalized spacial score (nSPS) is 16.3. The molecule has 1 aliphatic heterocycles. The Balaban J connectivity index is 1.56. The predicted molar refractivity (Wildman–Crippen MR) is 125 cm³/mol.